The predicted octanol–water partition coefficient (Wildman–Crippen LogP) is 2.53. The van der Waals surface area contributed by atoms with Crippen LogP contribution in [0.2, 0.25) is 0 Å². The van der Waals surface area contributed by atoms with Crippen LogP contribution in [0.4, 0.5) is 11.4 Å². The van der Waals surface area contributed by atoms with Crippen LogP contribution in [0.25, 0.3) is 0 Å². The molecule has 0 saturated carbocycles. The number of aromatic hydroxyl groups is 1. The van der Waals surface area contributed by atoms with Crippen molar-refractivity contribution in [3.8, 4) is 5.75 Å². The first-order valence-corrected chi connectivity index (χ1v) is 5.63. The second kappa shape index (κ2) is 5.31. The van der Waals surface area contributed by atoms with E-state index in [1.807, 2.05) is 0 Å². The topological polar surface area (TPSA) is 107 Å². The fourth-order valence-corrected chi connectivity index (χ4v) is 1.66. The SMILES string of the molecule is O=C(O)c1cc(Nc2ccc(O)cc2)cc(C(=O)O)c1. The van der Waals surface area contributed by atoms with Crippen molar-refractivity contribution >= 4 is 23.3 Å². The van der Waals surface area contributed by atoms with Gasteiger partial charge < -0.3 is 20.6 Å². The van der Waals surface area contributed by atoms with Gasteiger partial charge in [0.25, 0.3) is 0 Å². The fourth-order valence-electron chi connectivity index (χ4n) is 1.66. The van der Waals surface area contributed by atoms with Crippen LogP contribution in [-0.4, -0.2) is 27.3 Å². The molecule has 0 aliphatic rings. The van der Waals surface area contributed by atoms with Gasteiger partial charge in [-0.2, -0.15) is 0 Å². The van der Waals surface area contributed by atoms with Gasteiger partial charge in [-0.15, -0.1) is 0 Å². The molecule has 2 rings (SSSR count). The summed E-state index contributed by atoms with van der Waals surface area (Å²) >= 11 is 0. The third kappa shape index (κ3) is 3.05. The van der Waals surface area contributed by atoms with Gasteiger partial charge in [0, 0.05) is 11.4 Å². The molecular formula is C14H11NO5. The predicted molar refractivity (Wildman–Crippen MR) is 71.8 cm³/mol. The number of aromatic carboxylic acids is 2. The number of carboxylic acid groups (broad SMARTS) is 2. The first-order chi connectivity index (χ1) is 9.45. The van der Waals surface area contributed by atoms with Crippen molar-refractivity contribution in [2.75, 3.05) is 5.32 Å². The number of carboxylic acids is 2. The van der Waals surface area contributed by atoms with Gasteiger partial charge in [0.2, 0.25) is 0 Å². The van der Waals surface area contributed by atoms with Crippen LogP contribution in [0, 0.1) is 0 Å². The minimum Gasteiger partial charge on any atom is -0.508 e. The molecule has 0 atom stereocenters. The molecular weight excluding hydrogens is 262 g/mol. The zero-order chi connectivity index (χ0) is 14.7. The van der Waals surface area contributed by atoms with E-state index >= 15 is 0 Å². The highest BCUT2D eigenvalue weighted by Gasteiger charge is 2.11. The highest BCUT2D eigenvalue weighted by atomic mass is 16.4. The van der Waals surface area contributed by atoms with Crippen molar-refractivity contribution < 1.29 is 24.9 Å². The minimum absolute atomic E-state index is 0.0982. The summed E-state index contributed by atoms with van der Waals surface area (Å²) in [4.78, 5) is 21.9. The molecule has 0 spiro atoms. The summed E-state index contributed by atoms with van der Waals surface area (Å²) in [5.41, 5.74) is 0.701. The lowest BCUT2D eigenvalue weighted by Crippen LogP contribution is -2.04. The summed E-state index contributed by atoms with van der Waals surface area (Å²) in [5, 5.41) is 30.0. The summed E-state index contributed by atoms with van der Waals surface area (Å²) in [6.45, 7) is 0. The van der Waals surface area contributed by atoms with Gasteiger partial charge in [0.15, 0.2) is 0 Å². The number of carbonyl (C=O) groups is 2. The summed E-state index contributed by atoms with van der Waals surface area (Å²) in [6.07, 6.45) is 0. The number of hydrogen-bond donors (Lipinski definition) is 4. The number of anilines is 2. The van der Waals surface area contributed by atoms with Crippen LogP contribution in [0.3, 0.4) is 0 Å². The maximum absolute atomic E-state index is 11.0. The third-order valence-corrected chi connectivity index (χ3v) is 2.58. The lowest BCUT2D eigenvalue weighted by atomic mass is 10.1. The molecule has 20 heavy (non-hydrogen) atoms. The molecule has 2 aromatic rings. The average molecular weight is 273 g/mol. The maximum Gasteiger partial charge on any atom is 0.335 e. The first-order valence-electron chi connectivity index (χ1n) is 5.63. The molecule has 4 N–H and O–H groups in total. The highest BCUT2D eigenvalue weighted by molar-refractivity contribution is 5.95. The fraction of sp³-hybridized carbons (Fsp3) is 0. The molecule has 0 aliphatic carbocycles. The van der Waals surface area contributed by atoms with Crippen molar-refractivity contribution in [1.82, 2.24) is 0 Å². The van der Waals surface area contributed by atoms with Crippen molar-refractivity contribution in [2.45, 2.75) is 0 Å². The van der Waals surface area contributed by atoms with Crippen molar-refractivity contribution in [1.29, 1.82) is 0 Å². The quantitative estimate of drug-likeness (QED) is 0.638. The Morgan fingerprint density at radius 1 is 0.800 bits per heavy atom. The molecule has 102 valence electrons. The lowest BCUT2D eigenvalue weighted by molar-refractivity contribution is 0.0696. The van der Waals surface area contributed by atoms with Gasteiger partial charge in [0.1, 0.15) is 5.75 Å². The first kappa shape index (κ1) is 13.4. The Labute approximate surface area is 113 Å². The molecule has 0 aliphatic heterocycles. The second-order valence-corrected chi connectivity index (χ2v) is 4.08. The Kier molecular flexibility index (Phi) is 3.56. The van der Waals surface area contributed by atoms with Crippen LogP contribution < -0.4 is 5.32 Å². The smallest absolute Gasteiger partial charge is 0.335 e. The Balaban J connectivity index is 2.37. The van der Waals surface area contributed by atoms with Crippen LogP contribution >= 0.6 is 0 Å². The molecule has 2 aromatic carbocycles. The molecule has 6 nitrogen and oxygen atoms in total. The molecule has 0 bridgehead atoms. The van der Waals surface area contributed by atoms with E-state index in [4.69, 9.17) is 10.2 Å². The maximum atomic E-state index is 11.0. The molecule has 0 saturated heterocycles. The van der Waals surface area contributed by atoms with E-state index in [2.05, 4.69) is 5.32 Å². The summed E-state index contributed by atoms with van der Waals surface area (Å²) in [7, 11) is 0. The molecule has 0 radical (unpaired) electrons. The van der Waals surface area contributed by atoms with Crippen molar-refractivity contribution in [2.24, 2.45) is 0 Å². The third-order valence-electron chi connectivity index (χ3n) is 2.58. The molecule has 6 heteroatoms. The molecule has 0 amide bonds. The lowest BCUT2D eigenvalue weighted by Gasteiger charge is -2.09. The van der Waals surface area contributed by atoms with Gasteiger partial charge in [0.05, 0.1) is 11.1 Å². The van der Waals surface area contributed by atoms with Gasteiger partial charge >= 0.3 is 11.9 Å². The zero-order valence-electron chi connectivity index (χ0n) is 10.2. The van der Waals surface area contributed by atoms with Gasteiger partial charge in [-0.1, -0.05) is 0 Å². The van der Waals surface area contributed by atoms with E-state index in [-0.39, 0.29) is 16.9 Å². The Hall–Kier alpha value is -3.02. The van der Waals surface area contributed by atoms with Gasteiger partial charge in [-0.3, -0.25) is 0 Å². The Morgan fingerprint density at radius 2 is 1.30 bits per heavy atom. The van der Waals surface area contributed by atoms with Crippen molar-refractivity contribution in [3.05, 3.63) is 53.6 Å². The molecule has 0 fully saturated rings. The van der Waals surface area contributed by atoms with E-state index in [0.29, 0.717) is 11.4 Å². The average Bonchev–Trinajstić information content (AvgIpc) is 2.41. The van der Waals surface area contributed by atoms with Crippen LogP contribution in [0.1, 0.15) is 20.7 Å². The number of hydrogen-bond acceptors (Lipinski definition) is 4. The molecule has 0 unspecified atom stereocenters. The van der Waals surface area contributed by atoms with E-state index < -0.39 is 11.9 Å². The Bertz CT molecular complexity index is 632. The normalized spacial score (nSPS) is 10.0. The Morgan fingerprint density at radius 3 is 1.75 bits per heavy atom. The van der Waals surface area contributed by atoms with Crippen LogP contribution in [0.15, 0.2) is 42.5 Å². The monoisotopic (exact) mass is 273 g/mol. The number of phenolic OH excluding ortho intramolecular Hbond substituents is 1. The van der Waals surface area contributed by atoms with Crippen molar-refractivity contribution in [3.63, 3.8) is 0 Å². The largest absolute Gasteiger partial charge is 0.508 e. The van der Waals surface area contributed by atoms with E-state index in [9.17, 15) is 14.7 Å². The number of rotatable bonds is 4. The van der Waals surface area contributed by atoms with E-state index in [1.54, 1.807) is 12.1 Å². The van der Waals surface area contributed by atoms with Crippen LogP contribution in [0.5, 0.6) is 5.75 Å². The summed E-state index contributed by atoms with van der Waals surface area (Å²) in [6, 6.07) is 9.85. The number of nitrogens with one attached hydrogen (secondary N) is 1. The summed E-state index contributed by atoms with van der Waals surface area (Å²) < 4.78 is 0. The van der Waals surface area contributed by atoms with Gasteiger partial charge in [-0.05, 0) is 42.5 Å². The minimum atomic E-state index is -1.21. The standard InChI is InChI=1S/C14H11NO5/c16-12-3-1-10(2-4-12)15-11-6-8(13(17)18)5-9(7-11)14(19)20/h1-7,15-16H,(H,17,18)(H,19,20). The molecule has 0 heterocycles. The van der Waals surface area contributed by atoms with Crippen LogP contribution in [-0.2, 0) is 0 Å². The van der Waals surface area contributed by atoms with Gasteiger partial charge in [-0.25, -0.2) is 9.59 Å². The van der Waals surface area contributed by atoms with E-state index in [0.717, 1.165) is 6.07 Å². The summed E-state index contributed by atoms with van der Waals surface area (Å²) in [5.74, 6) is -2.32. The van der Waals surface area contributed by atoms with E-state index in [1.165, 1.54) is 24.3 Å². The number of phenols is 1. The second-order valence-electron chi connectivity index (χ2n) is 4.08. The molecule has 0 aromatic heterocycles. The highest BCUT2D eigenvalue weighted by Crippen LogP contribution is 2.22. The zero-order valence-corrected chi connectivity index (χ0v) is 10.2. The number of benzene rings is 2.